The highest BCUT2D eigenvalue weighted by Crippen LogP contribution is 2.24. The van der Waals surface area contributed by atoms with Crippen molar-refractivity contribution in [3.63, 3.8) is 0 Å². The molecule has 3 heterocycles. The van der Waals surface area contributed by atoms with Crippen LogP contribution in [0.5, 0.6) is 0 Å². The second kappa shape index (κ2) is 8.95. The van der Waals surface area contributed by atoms with E-state index in [0.717, 1.165) is 53.9 Å². The second-order valence-corrected chi connectivity index (χ2v) is 7.44. The summed E-state index contributed by atoms with van der Waals surface area (Å²) in [5.41, 5.74) is 3.93. The van der Waals surface area contributed by atoms with Crippen molar-refractivity contribution in [3.8, 4) is 10.6 Å². The van der Waals surface area contributed by atoms with E-state index in [-0.39, 0.29) is 5.91 Å². The molecule has 3 aromatic rings. The minimum Gasteiger partial charge on any atom is -0.378 e. The highest BCUT2D eigenvalue weighted by Gasteiger charge is 2.12. The van der Waals surface area contributed by atoms with Gasteiger partial charge in [-0.15, -0.1) is 11.3 Å². The molecule has 4 rings (SSSR count). The van der Waals surface area contributed by atoms with E-state index < -0.39 is 0 Å². The molecule has 7 heteroatoms. The van der Waals surface area contributed by atoms with Gasteiger partial charge in [0.1, 0.15) is 5.01 Å². The number of anilines is 2. The quantitative estimate of drug-likeness (QED) is 0.692. The number of hydrogen-bond acceptors (Lipinski definition) is 6. The first-order valence-corrected chi connectivity index (χ1v) is 10.2. The van der Waals surface area contributed by atoms with Gasteiger partial charge in [0.05, 0.1) is 18.9 Å². The van der Waals surface area contributed by atoms with E-state index in [1.165, 1.54) is 0 Å². The van der Waals surface area contributed by atoms with E-state index in [4.69, 9.17) is 4.74 Å². The first kappa shape index (κ1) is 18.6. The lowest BCUT2D eigenvalue weighted by atomic mass is 10.2. The average Bonchev–Trinajstić information content (AvgIpc) is 3.23. The third-order valence-corrected chi connectivity index (χ3v) is 5.53. The molecule has 0 bridgehead atoms. The molecule has 0 radical (unpaired) electrons. The van der Waals surface area contributed by atoms with Crippen LogP contribution in [0.4, 0.5) is 11.4 Å². The SMILES string of the molecule is O=C(CCc1csc(-c2ccncc2)n1)Nc1cccc(N2CCOCC2)c1. The Morgan fingerprint density at radius 2 is 2.00 bits per heavy atom. The Morgan fingerprint density at radius 1 is 1.18 bits per heavy atom. The second-order valence-electron chi connectivity index (χ2n) is 6.58. The molecule has 1 N–H and O–H groups in total. The van der Waals surface area contributed by atoms with E-state index >= 15 is 0 Å². The first-order valence-electron chi connectivity index (χ1n) is 9.35. The summed E-state index contributed by atoms with van der Waals surface area (Å²) in [7, 11) is 0. The molecule has 1 aliphatic rings. The third-order valence-electron chi connectivity index (χ3n) is 4.59. The molecular formula is C21H22N4O2S. The molecule has 0 spiro atoms. The van der Waals surface area contributed by atoms with Crippen LogP contribution in [0.25, 0.3) is 10.6 Å². The summed E-state index contributed by atoms with van der Waals surface area (Å²) in [6.45, 7) is 3.24. The van der Waals surface area contributed by atoms with Crippen LogP contribution in [0.1, 0.15) is 12.1 Å². The number of ether oxygens (including phenoxy) is 1. The molecule has 0 atom stereocenters. The third kappa shape index (κ3) is 4.74. The zero-order valence-electron chi connectivity index (χ0n) is 15.5. The van der Waals surface area contributed by atoms with Gasteiger partial charge in [-0.2, -0.15) is 0 Å². The van der Waals surface area contributed by atoms with Crippen LogP contribution in [-0.4, -0.2) is 42.2 Å². The molecule has 6 nitrogen and oxygen atoms in total. The number of morpholine rings is 1. The zero-order chi connectivity index (χ0) is 19.2. The molecule has 2 aromatic heterocycles. The van der Waals surface area contributed by atoms with E-state index in [2.05, 4.69) is 26.3 Å². The van der Waals surface area contributed by atoms with Gasteiger partial charge in [-0.3, -0.25) is 9.78 Å². The van der Waals surface area contributed by atoms with Crippen LogP contribution in [0, 0.1) is 0 Å². The number of aromatic nitrogens is 2. The average molecular weight is 395 g/mol. The summed E-state index contributed by atoms with van der Waals surface area (Å²) in [5.74, 6) is -0.00223. The highest BCUT2D eigenvalue weighted by atomic mass is 32.1. The van der Waals surface area contributed by atoms with Crippen LogP contribution < -0.4 is 10.2 Å². The molecule has 28 heavy (non-hydrogen) atoms. The fourth-order valence-electron chi connectivity index (χ4n) is 3.12. The largest absolute Gasteiger partial charge is 0.378 e. The summed E-state index contributed by atoms with van der Waals surface area (Å²) in [5, 5.41) is 5.97. The zero-order valence-corrected chi connectivity index (χ0v) is 16.3. The topological polar surface area (TPSA) is 67.4 Å². The van der Waals surface area contributed by atoms with Gasteiger partial charge in [0.15, 0.2) is 0 Å². The molecule has 0 unspecified atom stereocenters. The molecular weight excluding hydrogens is 372 g/mol. The van der Waals surface area contributed by atoms with Gasteiger partial charge >= 0.3 is 0 Å². The van der Waals surface area contributed by atoms with E-state index in [1.807, 2.05) is 35.7 Å². The number of aryl methyl sites for hydroxylation is 1. The van der Waals surface area contributed by atoms with Crippen LogP contribution in [0.15, 0.2) is 54.2 Å². The molecule has 1 amide bonds. The Kier molecular flexibility index (Phi) is 5.94. The van der Waals surface area contributed by atoms with Gasteiger partial charge in [0.2, 0.25) is 5.91 Å². The number of carbonyl (C=O) groups is 1. The molecule has 1 fully saturated rings. The van der Waals surface area contributed by atoms with Crippen LogP contribution in [0.2, 0.25) is 0 Å². The number of hydrogen-bond donors (Lipinski definition) is 1. The number of amides is 1. The number of thiazole rings is 1. The number of nitrogens with one attached hydrogen (secondary N) is 1. The summed E-state index contributed by atoms with van der Waals surface area (Å²) < 4.78 is 5.40. The maximum atomic E-state index is 12.4. The van der Waals surface area contributed by atoms with Gasteiger partial charge in [0.25, 0.3) is 0 Å². The number of pyridine rings is 1. The molecule has 144 valence electrons. The number of rotatable bonds is 6. The van der Waals surface area contributed by atoms with Crippen molar-refractivity contribution < 1.29 is 9.53 Å². The van der Waals surface area contributed by atoms with Gasteiger partial charge in [-0.1, -0.05) is 6.07 Å². The van der Waals surface area contributed by atoms with Gasteiger partial charge < -0.3 is 15.0 Å². The van der Waals surface area contributed by atoms with Crippen molar-refractivity contribution in [3.05, 3.63) is 59.9 Å². The fourth-order valence-corrected chi connectivity index (χ4v) is 3.98. The van der Waals surface area contributed by atoms with Gasteiger partial charge in [-0.25, -0.2) is 4.98 Å². The summed E-state index contributed by atoms with van der Waals surface area (Å²) in [6.07, 6.45) is 4.54. The Labute approximate surface area is 168 Å². The minimum absolute atomic E-state index is 0.00223. The van der Waals surface area contributed by atoms with Crippen molar-refractivity contribution in [2.75, 3.05) is 36.5 Å². The number of benzene rings is 1. The van der Waals surface area contributed by atoms with E-state index in [9.17, 15) is 4.79 Å². The normalized spacial score (nSPS) is 14.1. The van der Waals surface area contributed by atoms with E-state index in [1.54, 1.807) is 23.7 Å². The fraction of sp³-hybridized carbons (Fsp3) is 0.286. The summed E-state index contributed by atoms with van der Waals surface area (Å²) >= 11 is 1.59. The summed E-state index contributed by atoms with van der Waals surface area (Å²) in [4.78, 5) is 23.3. The highest BCUT2D eigenvalue weighted by molar-refractivity contribution is 7.13. The number of nitrogens with zero attached hydrogens (tertiary/aromatic N) is 3. The van der Waals surface area contributed by atoms with Gasteiger partial charge in [-0.05, 0) is 36.8 Å². The van der Waals surface area contributed by atoms with Crippen molar-refractivity contribution >= 4 is 28.6 Å². The van der Waals surface area contributed by atoms with Crippen molar-refractivity contribution in [2.45, 2.75) is 12.8 Å². The van der Waals surface area contributed by atoms with Crippen molar-refractivity contribution in [1.29, 1.82) is 0 Å². The number of carbonyl (C=O) groups excluding carboxylic acids is 1. The molecule has 1 aliphatic heterocycles. The van der Waals surface area contributed by atoms with Crippen molar-refractivity contribution in [2.24, 2.45) is 0 Å². The smallest absolute Gasteiger partial charge is 0.224 e. The Bertz CT molecular complexity index is 923. The van der Waals surface area contributed by atoms with Crippen LogP contribution in [0.3, 0.4) is 0 Å². The summed E-state index contributed by atoms with van der Waals surface area (Å²) in [6, 6.07) is 11.9. The molecule has 1 aromatic carbocycles. The lowest BCUT2D eigenvalue weighted by Crippen LogP contribution is -2.36. The Balaban J connectivity index is 1.32. The van der Waals surface area contributed by atoms with Gasteiger partial charge in [0, 0.05) is 54.2 Å². The monoisotopic (exact) mass is 394 g/mol. The predicted octanol–water partition coefficient (Wildman–Crippen LogP) is 3.61. The Morgan fingerprint density at radius 3 is 2.82 bits per heavy atom. The minimum atomic E-state index is -0.00223. The predicted molar refractivity (Wildman–Crippen MR) is 112 cm³/mol. The maximum absolute atomic E-state index is 12.4. The van der Waals surface area contributed by atoms with Crippen molar-refractivity contribution in [1.82, 2.24) is 9.97 Å². The first-order chi connectivity index (χ1) is 13.8. The standard InChI is InChI=1S/C21H22N4O2S/c26-20(5-4-18-15-28-21(24-18)16-6-8-22-9-7-16)23-17-2-1-3-19(14-17)25-10-12-27-13-11-25/h1-3,6-9,14-15H,4-5,10-13H2,(H,23,26). The molecule has 0 aliphatic carbocycles. The molecule has 0 saturated carbocycles. The Hall–Kier alpha value is -2.77. The lowest BCUT2D eigenvalue weighted by molar-refractivity contribution is -0.116. The lowest BCUT2D eigenvalue weighted by Gasteiger charge is -2.29. The van der Waals surface area contributed by atoms with Crippen LogP contribution in [-0.2, 0) is 16.0 Å². The maximum Gasteiger partial charge on any atom is 0.224 e. The van der Waals surface area contributed by atoms with E-state index in [0.29, 0.717) is 12.8 Å². The van der Waals surface area contributed by atoms with Crippen LogP contribution >= 0.6 is 11.3 Å². The molecule has 1 saturated heterocycles.